The molecule has 2 aromatic heterocycles. The summed E-state index contributed by atoms with van der Waals surface area (Å²) in [4.78, 5) is 25.2. The highest BCUT2D eigenvalue weighted by Gasteiger charge is 2.16. The molecule has 0 aliphatic heterocycles. The Balaban J connectivity index is 2.53. The highest BCUT2D eigenvalue weighted by atomic mass is 16.6. The summed E-state index contributed by atoms with van der Waals surface area (Å²) in [6.45, 7) is 3.12. The van der Waals surface area contributed by atoms with Crippen LogP contribution in [-0.2, 0) is 0 Å². The molecule has 2 heterocycles. The fourth-order valence-electron chi connectivity index (χ4n) is 1.61. The van der Waals surface area contributed by atoms with Gasteiger partial charge in [-0.1, -0.05) is 0 Å². The van der Waals surface area contributed by atoms with Crippen LogP contribution in [0.1, 0.15) is 21.6 Å². The molecule has 0 atom stereocenters. The molecule has 2 rings (SSSR count). The summed E-state index contributed by atoms with van der Waals surface area (Å²) >= 11 is 0. The maximum absolute atomic E-state index is 10.9. The van der Waals surface area contributed by atoms with Crippen molar-refractivity contribution in [2.75, 3.05) is 0 Å². The molecule has 0 aliphatic rings. The zero-order valence-corrected chi connectivity index (χ0v) is 10.2. The first kappa shape index (κ1) is 12.7. The second kappa shape index (κ2) is 4.48. The molecule has 0 aromatic carbocycles. The number of nitro groups is 1. The zero-order valence-electron chi connectivity index (χ0n) is 10.2. The normalized spacial score (nSPS) is 10.4. The number of hydrogen-bond acceptors (Lipinski definition) is 5. The van der Waals surface area contributed by atoms with Gasteiger partial charge in [0.2, 0.25) is 0 Å². The second-order valence-corrected chi connectivity index (χ2v) is 3.96. The predicted octanol–water partition coefficient (Wildman–Crippen LogP) is 1.49. The fraction of sp³-hybridized carbons (Fsp3) is 0.182. The van der Waals surface area contributed by atoms with Crippen molar-refractivity contribution in [1.29, 1.82) is 0 Å². The van der Waals surface area contributed by atoms with Gasteiger partial charge in [-0.25, -0.2) is 14.5 Å². The quantitative estimate of drug-likeness (QED) is 0.662. The lowest BCUT2D eigenvalue weighted by molar-refractivity contribution is -0.385. The molecule has 98 valence electrons. The van der Waals surface area contributed by atoms with Crippen LogP contribution in [-0.4, -0.2) is 30.8 Å². The monoisotopic (exact) mass is 262 g/mol. The van der Waals surface area contributed by atoms with Crippen LogP contribution in [0.15, 0.2) is 18.5 Å². The molecular formula is C11H10N4O4. The van der Waals surface area contributed by atoms with Crippen molar-refractivity contribution < 1.29 is 14.8 Å². The number of carbonyl (C=O) groups is 1. The SMILES string of the molecule is Cc1cnc(-n2cc(C(=O)O)c(C)n2)cc1[N+](=O)[O-]. The third-order valence-corrected chi connectivity index (χ3v) is 2.62. The Labute approximate surface area is 107 Å². The van der Waals surface area contributed by atoms with E-state index in [1.807, 2.05) is 0 Å². The molecule has 8 heteroatoms. The number of aromatic carboxylic acids is 1. The van der Waals surface area contributed by atoms with E-state index in [1.165, 1.54) is 23.1 Å². The minimum absolute atomic E-state index is 0.0324. The highest BCUT2D eigenvalue weighted by molar-refractivity contribution is 5.88. The molecule has 0 aliphatic carbocycles. The lowest BCUT2D eigenvalue weighted by Crippen LogP contribution is -2.01. The average Bonchev–Trinajstić information content (AvgIpc) is 2.71. The molecule has 1 N–H and O–H groups in total. The smallest absolute Gasteiger partial charge is 0.339 e. The summed E-state index contributed by atoms with van der Waals surface area (Å²) in [5.41, 5.74) is 0.689. The van der Waals surface area contributed by atoms with Crippen LogP contribution in [0, 0.1) is 24.0 Å². The molecule has 19 heavy (non-hydrogen) atoms. The minimum Gasteiger partial charge on any atom is -0.478 e. The molecule has 0 amide bonds. The Hall–Kier alpha value is -2.77. The summed E-state index contributed by atoms with van der Waals surface area (Å²) in [6, 6.07) is 1.26. The summed E-state index contributed by atoms with van der Waals surface area (Å²) in [5, 5.41) is 23.8. The fourth-order valence-corrected chi connectivity index (χ4v) is 1.61. The number of nitrogens with zero attached hydrogens (tertiary/aromatic N) is 4. The summed E-state index contributed by atoms with van der Waals surface area (Å²) in [7, 11) is 0. The minimum atomic E-state index is -1.11. The molecule has 2 aromatic rings. The Morgan fingerprint density at radius 2 is 2.16 bits per heavy atom. The van der Waals surface area contributed by atoms with Gasteiger partial charge in [0.25, 0.3) is 5.69 Å². The van der Waals surface area contributed by atoms with Crippen LogP contribution in [0.25, 0.3) is 5.82 Å². The average molecular weight is 262 g/mol. The zero-order chi connectivity index (χ0) is 14.2. The Morgan fingerprint density at radius 1 is 1.47 bits per heavy atom. The van der Waals surface area contributed by atoms with E-state index in [-0.39, 0.29) is 17.1 Å². The molecule has 0 spiro atoms. The van der Waals surface area contributed by atoms with Crippen molar-refractivity contribution in [3.63, 3.8) is 0 Å². The first-order valence-electron chi connectivity index (χ1n) is 5.31. The molecule has 0 bridgehead atoms. The van der Waals surface area contributed by atoms with Gasteiger partial charge in [0, 0.05) is 18.0 Å². The van der Waals surface area contributed by atoms with Crippen LogP contribution in [0.4, 0.5) is 5.69 Å². The second-order valence-electron chi connectivity index (χ2n) is 3.96. The Bertz CT molecular complexity index is 677. The number of aromatic nitrogens is 3. The number of aryl methyl sites for hydroxylation is 2. The molecule has 8 nitrogen and oxygen atoms in total. The van der Waals surface area contributed by atoms with Gasteiger partial charge in [0.15, 0.2) is 5.82 Å². The van der Waals surface area contributed by atoms with Gasteiger partial charge < -0.3 is 5.11 Å². The van der Waals surface area contributed by atoms with E-state index < -0.39 is 10.9 Å². The van der Waals surface area contributed by atoms with Crippen molar-refractivity contribution >= 4 is 11.7 Å². The molecule has 0 fully saturated rings. The van der Waals surface area contributed by atoms with E-state index in [0.29, 0.717) is 11.3 Å². The summed E-state index contributed by atoms with van der Waals surface area (Å²) in [6.07, 6.45) is 2.63. The molecule has 0 saturated carbocycles. The summed E-state index contributed by atoms with van der Waals surface area (Å²) in [5.74, 6) is -0.904. The van der Waals surface area contributed by atoms with Crippen molar-refractivity contribution in [3.8, 4) is 5.82 Å². The van der Waals surface area contributed by atoms with E-state index in [0.717, 1.165) is 0 Å². The summed E-state index contributed by atoms with van der Waals surface area (Å²) < 4.78 is 1.21. The number of pyridine rings is 1. The lowest BCUT2D eigenvalue weighted by atomic mass is 10.2. The van der Waals surface area contributed by atoms with Gasteiger partial charge in [0.1, 0.15) is 5.56 Å². The lowest BCUT2D eigenvalue weighted by Gasteiger charge is -2.01. The van der Waals surface area contributed by atoms with Crippen molar-refractivity contribution in [2.45, 2.75) is 13.8 Å². The van der Waals surface area contributed by atoms with Gasteiger partial charge in [-0.3, -0.25) is 10.1 Å². The maximum atomic E-state index is 10.9. The van der Waals surface area contributed by atoms with Gasteiger partial charge in [-0.05, 0) is 13.8 Å². The first-order chi connectivity index (χ1) is 8.90. The van der Waals surface area contributed by atoms with Crippen LogP contribution in [0.2, 0.25) is 0 Å². The maximum Gasteiger partial charge on any atom is 0.339 e. The van der Waals surface area contributed by atoms with Gasteiger partial charge in [-0.15, -0.1) is 0 Å². The van der Waals surface area contributed by atoms with E-state index in [2.05, 4.69) is 10.1 Å². The van der Waals surface area contributed by atoms with Crippen molar-refractivity contribution in [3.05, 3.63) is 45.4 Å². The van der Waals surface area contributed by atoms with Crippen molar-refractivity contribution in [2.24, 2.45) is 0 Å². The topological polar surface area (TPSA) is 111 Å². The van der Waals surface area contributed by atoms with E-state index >= 15 is 0 Å². The van der Waals surface area contributed by atoms with Crippen LogP contribution in [0.5, 0.6) is 0 Å². The Morgan fingerprint density at radius 3 is 2.68 bits per heavy atom. The predicted molar refractivity (Wildman–Crippen MR) is 64.4 cm³/mol. The van der Waals surface area contributed by atoms with E-state index in [1.54, 1.807) is 13.8 Å². The van der Waals surface area contributed by atoms with E-state index in [9.17, 15) is 14.9 Å². The third-order valence-electron chi connectivity index (χ3n) is 2.62. The van der Waals surface area contributed by atoms with Gasteiger partial charge in [0.05, 0.1) is 16.7 Å². The molecule has 0 unspecified atom stereocenters. The van der Waals surface area contributed by atoms with Gasteiger partial charge >= 0.3 is 5.97 Å². The molecule has 0 radical (unpaired) electrons. The standard InChI is InChI=1S/C11H10N4O4/c1-6-4-12-10(3-9(6)15(18)19)14-5-8(11(16)17)7(2)13-14/h3-5H,1-2H3,(H,16,17). The third kappa shape index (κ3) is 2.28. The number of carboxylic acid groups (broad SMARTS) is 1. The van der Waals surface area contributed by atoms with E-state index in [4.69, 9.17) is 5.11 Å². The highest BCUT2D eigenvalue weighted by Crippen LogP contribution is 2.20. The number of rotatable bonds is 3. The van der Waals surface area contributed by atoms with Gasteiger partial charge in [-0.2, -0.15) is 5.10 Å². The molecule has 0 saturated heterocycles. The van der Waals surface area contributed by atoms with Crippen LogP contribution < -0.4 is 0 Å². The number of carboxylic acids is 1. The largest absolute Gasteiger partial charge is 0.478 e. The van der Waals surface area contributed by atoms with Crippen LogP contribution >= 0.6 is 0 Å². The van der Waals surface area contributed by atoms with Crippen molar-refractivity contribution in [1.82, 2.24) is 14.8 Å². The number of hydrogen-bond donors (Lipinski definition) is 1. The van der Waals surface area contributed by atoms with Crippen LogP contribution in [0.3, 0.4) is 0 Å². The molecular weight excluding hydrogens is 252 g/mol. The Kier molecular flexibility index (Phi) is 2.99. The first-order valence-corrected chi connectivity index (χ1v) is 5.31.